The predicted molar refractivity (Wildman–Crippen MR) is 85.6 cm³/mol. The summed E-state index contributed by atoms with van der Waals surface area (Å²) in [6.07, 6.45) is 0. The second-order valence-corrected chi connectivity index (χ2v) is 5.30. The van der Waals surface area contributed by atoms with Gasteiger partial charge in [0.2, 0.25) is 0 Å². The van der Waals surface area contributed by atoms with Gasteiger partial charge in [-0.15, -0.1) is 0 Å². The molecule has 0 bridgehead atoms. The number of rotatable bonds is 4. The fourth-order valence-corrected chi connectivity index (χ4v) is 2.60. The number of hydrogen-bond donors (Lipinski definition) is 1. The number of hydrogen-bond acceptors (Lipinski definition) is 1. The Kier molecular flexibility index (Phi) is 3.98. The Morgan fingerprint density at radius 2 is 1.71 bits per heavy atom. The third-order valence-electron chi connectivity index (χ3n) is 3.83. The Hall–Kier alpha value is -2.19. The first kappa shape index (κ1) is 13.8. The van der Waals surface area contributed by atoms with Gasteiger partial charge < -0.3 is 5.32 Å². The first-order valence-electron chi connectivity index (χ1n) is 7.19. The third kappa shape index (κ3) is 3.11. The highest BCUT2D eigenvalue weighted by molar-refractivity contribution is 5.85. The minimum absolute atomic E-state index is 0.111. The molecule has 0 unspecified atom stereocenters. The van der Waals surface area contributed by atoms with Crippen LogP contribution in [-0.4, -0.2) is 0 Å². The zero-order valence-corrected chi connectivity index (χ0v) is 12.0. The molecule has 0 aliphatic rings. The zero-order chi connectivity index (χ0) is 14.7. The monoisotopic (exact) mass is 279 g/mol. The average molecular weight is 279 g/mol. The standard InChI is InChI=1S/C19H18FN/c1-14(16-8-5-10-18(20)12-16)21-13-17-9-4-7-15-6-2-3-11-19(15)17/h2-12,14,21H,13H2,1H3/t14-/m1/s1. The highest BCUT2D eigenvalue weighted by Gasteiger charge is 2.07. The molecule has 2 heteroatoms. The van der Waals surface area contributed by atoms with Crippen molar-refractivity contribution in [3.05, 3.63) is 83.7 Å². The van der Waals surface area contributed by atoms with Gasteiger partial charge in [0.1, 0.15) is 5.82 Å². The maximum Gasteiger partial charge on any atom is 0.123 e. The van der Waals surface area contributed by atoms with Crippen LogP contribution in [0.5, 0.6) is 0 Å². The van der Waals surface area contributed by atoms with Gasteiger partial charge in [-0.05, 0) is 41.0 Å². The van der Waals surface area contributed by atoms with E-state index in [0.717, 1.165) is 12.1 Å². The second kappa shape index (κ2) is 6.06. The molecule has 0 saturated heterocycles. The molecule has 106 valence electrons. The molecule has 0 radical (unpaired) electrons. The maximum absolute atomic E-state index is 13.3. The van der Waals surface area contributed by atoms with Crippen molar-refractivity contribution in [2.45, 2.75) is 19.5 Å². The van der Waals surface area contributed by atoms with Crippen LogP contribution in [0.15, 0.2) is 66.7 Å². The molecular formula is C19H18FN. The summed E-state index contributed by atoms with van der Waals surface area (Å²) in [7, 11) is 0. The van der Waals surface area contributed by atoms with E-state index in [1.54, 1.807) is 12.1 Å². The SMILES string of the molecule is C[C@@H](NCc1cccc2ccccc12)c1cccc(F)c1. The van der Waals surface area contributed by atoms with Crippen molar-refractivity contribution in [1.29, 1.82) is 0 Å². The van der Waals surface area contributed by atoms with Crippen molar-refractivity contribution in [2.75, 3.05) is 0 Å². The van der Waals surface area contributed by atoms with E-state index < -0.39 is 0 Å². The summed E-state index contributed by atoms with van der Waals surface area (Å²) < 4.78 is 13.3. The van der Waals surface area contributed by atoms with E-state index in [-0.39, 0.29) is 11.9 Å². The van der Waals surface area contributed by atoms with E-state index >= 15 is 0 Å². The smallest absolute Gasteiger partial charge is 0.123 e. The van der Waals surface area contributed by atoms with Gasteiger partial charge in [-0.3, -0.25) is 0 Å². The van der Waals surface area contributed by atoms with Gasteiger partial charge in [0.05, 0.1) is 0 Å². The Morgan fingerprint density at radius 3 is 2.57 bits per heavy atom. The molecule has 1 atom stereocenters. The minimum atomic E-state index is -0.189. The zero-order valence-electron chi connectivity index (χ0n) is 12.0. The molecule has 3 rings (SSSR count). The average Bonchev–Trinajstić information content (AvgIpc) is 2.52. The number of nitrogens with one attached hydrogen (secondary N) is 1. The van der Waals surface area contributed by atoms with Gasteiger partial charge in [0.15, 0.2) is 0 Å². The second-order valence-electron chi connectivity index (χ2n) is 5.30. The topological polar surface area (TPSA) is 12.0 Å². The van der Waals surface area contributed by atoms with E-state index in [4.69, 9.17) is 0 Å². The summed E-state index contributed by atoms with van der Waals surface area (Å²) in [5.41, 5.74) is 2.23. The van der Waals surface area contributed by atoms with Crippen LogP contribution in [0.2, 0.25) is 0 Å². The lowest BCUT2D eigenvalue weighted by molar-refractivity contribution is 0.566. The molecule has 0 aromatic heterocycles. The van der Waals surface area contributed by atoms with Crippen LogP contribution in [-0.2, 0) is 6.54 Å². The van der Waals surface area contributed by atoms with Crippen molar-refractivity contribution in [3.63, 3.8) is 0 Å². The maximum atomic E-state index is 13.3. The summed E-state index contributed by atoms with van der Waals surface area (Å²) in [5, 5.41) is 5.98. The van der Waals surface area contributed by atoms with E-state index in [1.807, 2.05) is 6.07 Å². The quantitative estimate of drug-likeness (QED) is 0.721. The molecule has 0 saturated carbocycles. The first-order chi connectivity index (χ1) is 10.2. The Labute approximate surface area is 124 Å². The summed E-state index contributed by atoms with van der Waals surface area (Å²) in [4.78, 5) is 0. The van der Waals surface area contributed by atoms with Crippen LogP contribution in [0.1, 0.15) is 24.1 Å². The lowest BCUT2D eigenvalue weighted by Crippen LogP contribution is -2.18. The molecule has 1 N–H and O–H groups in total. The molecule has 0 spiro atoms. The number of fused-ring (bicyclic) bond motifs is 1. The summed E-state index contributed by atoms with van der Waals surface area (Å²) in [6, 6.07) is 21.6. The van der Waals surface area contributed by atoms with E-state index in [0.29, 0.717) is 0 Å². The molecule has 0 aliphatic heterocycles. The van der Waals surface area contributed by atoms with E-state index in [9.17, 15) is 4.39 Å². The van der Waals surface area contributed by atoms with Crippen LogP contribution in [0.25, 0.3) is 10.8 Å². The molecule has 0 aliphatic carbocycles. The molecular weight excluding hydrogens is 261 g/mol. The van der Waals surface area contributed by atoms with E-state index in [1.165, 1.54) is 22.4 Å². The summed E-state index contributed by atoms with van der Waals surface area (Å²) >= 11 is 0. The van der Waals surface area contributed by atoms with Crippen LogP contribution >= 0.6 is 0 Å². The summed E-state index contributed by atoms with van der Waals surface area (Å²) in [5.74, 6) is -0.189. The van der Waals surface area contributed by atoms with Crippen LogP contribution < -0.4 is 5.32 Å². The van der Waals surface area contributed by atoms with Crippen LogP contribution in [0.4, 0.5) is 4.39 Å². The normalized spacial score (nSPS) is 12.5. The predicted octanol–water partition coefficient (Wildman–Crippen LogP) is 4.83. The Bertz CT molecular complexity index is 746. The van der Waals surface area contributed by atoms with Gasteiger partial charge in [0, 0.05) is 12.6 Å². The minimum Gasteiger partial charge on any atom is -0.306 e. The van der Waals surface area contributed by atoms with Gasteiger partial charge in [-0.25, -0.2) is 4.39 Å². The highest BCUT2D eigenvalue weighted by atomic mass is 19.1. The number of halogens is 1. The van der Waals surface area contributed by atoms with Crippen molar-refractivity contribution >= 4 is 10.8 Å². The molecule has 1 nitrogen and oxygen atoms in total. The fraction of sp³-hybridized carbons (Fsp3) is 0.158. The Morgan fingerprint density at radius 1 is 0.952 bits per heavy atom. The largest absolute Gasteiger partial charge is 0.306 e. The van der Waals surface area contributed by atoms with Gasteiger partial charge >= 0.3 is 0 Å². The fourth-order valence-electron chi connectivity index (χ4n) is 2.60. The summed E-state index contributed by atoms with van der Waals surface area (Å²) in [6.45, 7) is 2.82. The number of benzene rings is 3. The van der Waals surface area contributed by atoms with Gasteiger partial charge in [-0.2, -0.15) is 0 Å². The van der Waals surface area contributed by atoms with Gasteiger partial charge in [-0.1, -0.05) is 54.6 Å². The van der Waals surface area contributed by atoms with E-state index in [2.05, 4.69) is 54.7 Å². The first-order valence-corrected chi connectivity index (χ1v) is 7.19. The molecule has 0 heterocycles. The van der Waals surface area contributed by atoms with Crippen molar-refractivity contribution < 1.29 is 4.39 Å². The molecule has 3 aromatic rings. The van der Waals surface area contributed by atoms with Crippen molar-refractivity contribution in [1.82, 2.24) is 5.32 Å². The molecule has 21 heavy (non-hydrogen) atoms. The highest BCUT2D eigenvalue weighted by Crippen LogP contribution is 2.20. The lowest BCUT2D eigenvalue weighted by Gasteiger charge is -2.15. The van der Waals surface area contributed by atoms with Crippen LogP contribution in [0, 0.1) is 5.82 Å². The molecule has 0 amide bonds. The van der Waals surface area contributed by atoms with Crippen LogP contribution in [0.3, 0.4) is 0 Å². The third-order valence-corrected chi connectivity index (χ3v) is 3.83. The lowest BCUT2D eigenvalue weighted by atomic mass is 10.0. The molecule has 0 fully saturated rings. The van der Waals surface area contributed by atoms with Crippen molar-refractivity contribution in [2.24, 2.45) is 0 Å². The Balaban J connectivity index is 1.77. The molecule has 3 aromatic carbocycles. The van der Waals surface area contributed by atoms with Crippen molar-refractivity contribution in [3.8, 4) is 0 Å². The van der Waals surface area contributed by atoms with Gasteiger partial charge in [0.25, 0.3) is 0 Å².